The van der Waals surface area contributed by atoms with Crippen LogP contribution in [0.4, 0.5) is 4.39 Å². The van der Waals surface area contributed by atoms with Gasteiger partial charge in [0.2, 0.25) is 21.8 Å². The molecule has 6 nitrogen and oxygen atoms in total. The predicted octanol–water partition coefficient (Wildman–Crippen LogP) is 3.29. The van der Waals surface area contributed by atoms with Crippen LogP contribution in [0.3, 0.4) is 0 Å². The number of imide groups is 1. The van der Waals surface area contributed by atoms with Crippen LogP contribution in [-0.4, -0.2) is 25.1 Å². The molecule has 8 heteroatoms. The number of halogens is 1. The van der Waals surface area contributed by atoms with E-state index in [4.69, 9.17) is 0 Å². The zero-order valence-electron chi connectivity index (χ0n) is 17.3. The first-order valence-electron chi connectivity index (χ1n) is 10.4. The fourth-order valence-electron chi connectivity index (χ4n) is 4.46. The van der Waals surface area contributed by atoms with Crippen molar-refractivity contribution in [3.8, 4) is 0 Å². The van der Waals surface area contributed by atoms with Gasteiger partial charge in [-0.15, -0.1) is 0 Å². The number of carbonyl (C=O) groups excluding carboxylic acids is 2. The molecular weight excluding hydrogens is 419 g/mol. The van der Waals surface area contributed by atoms with Gasteiger partial charge in [-0.05, 0) is 54.7 Å². The van der Waals surface area contributed by atoms with Gasteiger partial charge in [0.25, 0.3) is 0 Å². The Morgan fingerprint density at radius 2 is 1.55 bits per heavy atom. The van der Waals surface area contributed by atoms with E-state index in [9.17, 15) is 22.4 Å². The normalized spacial score (nSPS) is 21.4. The third kappa shape index (κ3) is 4.41. The summed E-state index contributed by atoms with van der Waals surface area (Å²) in [6.45, 7) is 1.79. The van der Waals surface area contributed by atoms with Gasteiger partial charge in [0, 0.05) is 6.54 Å². The number of amides is 2. The molecule has 2 aliphatic rings. The van der Waals surface area contributed by atoms with Crippen molar-refractivity contribution in [1.29, 1.82) is 0 Å². The van der Waals surface area contributed by atoms with Crippen LogP contribution in [0.25, 0.3) is 0 Å². The van der Waals surface area contributed by atoms with Crippen molar-refractivity contribution in [2.75, 3.05) is 0 Å². The summed E-state index contributed by atoms with van der Waals surface area (Å²) in [7, 11) is -3.84. The van der Waals surface area contributed by atoms with Gasteiger partial charge < -0.3 is 0 Å². The second-order valence-corrected chi connectivity index (χ2v) is 10.0. The van der Waals surface area contributed by atoms with Crippen molar-refractivity contribution < 1.29 is 22.4 Å². The molecule has 0 radical (unpaired) electrons. The van der Waals surface area contributed by atoms with Gasteiger partial charge in [-0.1, -0.05) is 37.1 Å². The van der Waals surface area contributed by atoms with Crippen molar-refractivity contribution in [3.63, 3.8) is 0 Å². The molecule has 2 aromatic carbocycles. The monoisotopic (exact) mass is 444 g/mol. The van der Waals surface area contributed by atoms with Crippen molar-refractivity contribution in [2.24, 2.45) is 11.8 Å². The topological polar surface area (TPSA) is 83.6 Å². The van der Waals surface area contributed by atoms with Crippen LogP contribution in [0.5, 0.6) is 0 Å². The second kappa shape index (κ2) is 8.51. The third-order valence-corrected chi connectivity index (χ3v) is 7.74. The first-order valence-corrected chi connectivity index (χ1v) is 11.9. The molecule has 2 fully saturated rings. The Morgan fingerprint density at radius 1 is 0.968 bits per heavy atom. The fourth-order valence-corrected chi connectivity index (χ4v) is 5.77. The number of sulfonamides is 1. The SMILES string of the molecule is Cc1ccc(CN2C(=O)[C@@H]3CCCC[C@H]3C2=O)cc1S(=O)(=O)NCc1ccc(F)cc1. The molecule has 2 aromatic rings. The molecule has 31 heavy (non-hydrogen) atoms. The van der Waals surface area contributed by atoms with Crippen molar-refractivity contribution in [1.82, 2.24) is 9.62 Å². The van der Waals surface area contributed by atoms with E-state index in [1.807, 2.05) is 0 Å². The van der Waals surface area contributed by atoms with E-state index in [1.165, 1.54) is 35.2 Å². The Balaban J connectivity index is 1.52. The van der Waals surface area contributed by atoms with Gasteiger partial charge >= 0.3 is 0 Å². The van der Waals surface area contributed by atoms with Crippen LogP contribution < -0.4 is 4.72 Å². The van der Waals surface area contributed by atoms with Gasteiger partial charge in [0.1, 0.15) is 5.82 Å². The average molecular weight is 445 g/mol. The summed E-state index contributed by atoms with van der Waals surface area (Å²) in [5.74, 6) is -1.14. The molecule has 1 N–H and O–H groups in total. The molecule has 1 aliphatic heterocycles. The number of fused-ring (bicyclic) bond motifs is 1. The van der Waals surface area contributed by atoms with E-state index in [0.29, 0.717) is 16.7 Å². The lowest BCUT2D eigenvalue weighted by Gasteiger charge is -2.19. The van der Waals surface area contributed by atoms with Crippen LogP contribution in [0.15, 0.2) is 47.4 Å². The number of hydrogen-bond acceptors (Lipinski definition) is 4. The molecule has 0 bridgehead atoms. The van der Waals surface area contributed by atoms with Crippen LogP contribution >= 0.6 is 0 Å². The highest BCUT2D eigenvalue weighted by Gasteiger charge is 2.47. The standard InChI is InChI=1S/C23H25FN2O4S/c1-15-6-7-17(14-26-22(27)19-4-2-3-5-20(19)23(26)28)12-21(15)31(29,30)25-13-16-8-10-18(24)11-9-16/h6-12,19-20,25H,2-5,13-14H2,1H3/t19-,20-/m1/s1. The minimum atomic E-state index is -3.84. The molecule has 4 rings (SSSR count). The molecule has 0 unspecified atom stereocenters. The van der Waals surface area contributed by atoms with E-state index in [0.717, 1.165) is 25.7 Å². The second-order valence-electron chi connectivity index (χ2n) is 8.31. The molecule has 1 saturated carbocycles. The molecule has 0 spiro atoms. The average Bonchev–Trinajstić information content (AvgIpc) is 2.99. The van der Waals surface area contributed by atoms with Crippen LogP contribution in [-0.2, 0) is 32.7 Å². The highest BCUT2D eigenvalue weighted by molar-refractivity contribution is 7.89. The molecule has 1 heterocycles. The van der Waals surface area contributed by atoms with Crippen LogP contribution in [0, 0.1) is 24.6 Å². The van der Waals surface area contributed by atoms with Gasteiger partial charge in [-0.3, -0.25) is 14.5 Å². The minimum Gasteiger partial charge on any atom is -0.278 e. The number of rotatable bonds is 6. The van der Waals surface area contributed by atoms with Gasteiger partial charge in [0.05, 0.1) is 23.3 Å². The number of carbonyl (C=O) groups is 2. The van der Waals surface area contributed by atoms with Crippen molar-refractivity contribution >= 4 is 21.8 Å². The summed E-state index contributed by atoms with van der Waals surface area (Å²) >= 11 is 0. The lowest BCUT2D eigenvalue weighted by molar-refractivity contribution is -0.140. The maximum Gasteiger partial charge on any atom is 0.241 e. The number of benzene rings is 2. The third-order valence-electron chi connectivity index (χ3n) is 6.19. The maximum absolute atomic E-state index is 13.1. The highest BCUT2D eigenvalue weighted by atomic mass is 32.2. The molecule has 0 aromatic heterocycles. The number of aryl methyl sites for hydroxylation is 1. The Kier molecular flexibility index (Phi) is 5.94. The smallest absolute Gasteiger partial charge is 0.241 e. The van der Waals surface area contributed by atoms with E-state index in [2.05, 4.69) is 4.72 Å². The molecule has 1 saturated heterocycles. The van der Waals surface area contributed by atoms with E-state index in [-0.39, 0.29) is 47.5 Å². The summed E-state index contributed by atoms with van der Waals surface area (Å²) in [6, 6.07) is 10.5. The quantitative estimate of drug-likeness (QED) is 0.693. The van der Waals surface area contributed by atoms with E-state index >= 15 is 0 Å². The Labute approximate surface area is 181 Å². The highest BCUT2D eigenvalue weighted by Crippen LogP contribution is 2.38. The molecule has 2 amide bonds. The summed E-state index contributed by atoms with van der Waals surface area (Å²) in [6.07, 6.45) is 3.40. The number of nitrogens with zero attached hydrogens (tertiary/aromatic N) is 1. The van der Waals surface area contributed by atoms with Gasteiger partial charge in [-0.2, -0.15) is 0 Å². The zero-order chi connectivity index (χ0) is 22.2. The van der Waals surface area contributed by atoms with Gasteiger partial charge in [0.15, 0.2) is 0 Å². The Bertz CT molecular complexity index is 1090. The summed E-state index contributed by atoms with van der Waals surface area (Å²) in [5.41, 5.74) is 1.78. The van der Waals surface area contributed by atoms with Crippen molar-refractivity contribution in [3.05, 3.63) is 65.0 Å². The molecular formula is C23H25FN2O4S. The first-order chi connectivity index (χ1) is 14.8. The summed E-state index contributed by atoms with van der Waals surface area (Å²) in [4.78, 5) is 26.9. The van der Waals surface area contributed by atoms with E-state index < -0.39 is 10.0 Å². The van der Waals surface area contributed by atoms with E-state index in [1.54, 1.807) is 19.1 Å². The summed E-state index contributed by atoms with van der Waals surface area (Å²) < 4.78 is 41.4. The maximum atomic E-state index is 13.1. The van der Waals surface area contributed by atoms with Crippen LogP contribution in [0.2, 0.25) is 0 Å². The largest absolute Gasteiger partial charge is 0.278 e. The van der Waals surface area contributed by atoms with Crippen molar-refractivity contribution in [2.45, 2.75) is 50.6 Å². The predicted molar refractivity (Wildman–Crippen MR) is 113 cm³/mol. The summed E-state index contributed by atoms with van der Waals surface area (Å²) in [5, 5.41) is 0. The minimum absolute atomic E-state index is 0.0265. The number of likely N-dealkylation sites (tertiary alicyclic amines) is 1. The molecule has 164 valence electrons. The molecule has 2 atom stereocenters. The Morgan fingerprint density at radius 3 is 2.16 bits per heavy atom. The molecule has 1 aliphatic carbocycles. The first kappa shape index (κ1) is 21.6. The Hall–Kier alpha value is -2.58. The van der Waals surface area contributed by atoms with Gasteiger partial charge in [-0.25, -0.2) is 17.5 Å². The lowest BCUT2D eigenvalue weighted by atomic mass is 9.81. The zero-order valence-corrected chi connectivity index (χ0v) is 18.1. The lowest BCUT2D eigenvalue weighted by Crippen LogP contribution is -2.30. The number of hydrogen-bond donors (Lipinski definition) is 1. The van der Waals surface area contributed by atoms with Crippen LogP contribution in [0.1, 0.15) is 42.4 Å². The fraction of sp³-hybridized carbons (Fsp3) is 0.391. The number of nitrogens with one attached hydrogen (secondary N) is 1.